The Morgan fingerprint density at radius 2 is 0.857 bits per heavy atom. The molecule has 3 rings (SSSR count). The van der Waals surface area contributed by atoms with Gasteiger partial charge in [-0.25, -0.2) is 19.2 Å². The number of carboxylic acid groups (broad SMARTS) is 4. The molecule has 0 aliphatic rings. The molecule has 4 N–H and O–H groups in total. The second-order valence-electron chi connectivity index (χ2n) is 5.54. The smallest absolute Gasteiger partial charge is 0.336 e. The molecular weight excluding hydrogens is 368 g/mol. The van der Waals surface area contributed by atoms with Gasteiger partial charge in [0.1, 0.15) is 0 Å². The maximum absolute atomic E-state index is 10.7. The molecule has 0 radical (unpaired) electrons. The van der Waals surface area contributed by atoms with Crippen molar-refractivity contribution in [1.82, 2.24) is 0 Å². The van der Waals surface area contributed by atoms with Crippen LogP contribution in [0, 0.1) is 0 Å². The first-order valence-electron chi connectivity index (χ1n) is 7.76. The van der Waals surface area contributed by atoms with E-state index < -0.39 is 23.9 Å². The first kappa shape index (κ1) is 20.1. The number of benzene rings is 3. The molecule has 0 saturated heterocycles. The Hall–Kier alpha value is -4.20. The summed E-state index contributed by atoms with van der Waals surface area (Å²) in [4.78, 5) is 42.4. The van der Waals surface area contributed by atoms with E-state index in [9.17, 15) is 19.2 Å². The molecule has 0 bridgehead atoms. The standard InChI is InChI=1S/C12H8O4.C8H6O4/c13-11(14)9-3-1-7-5-10(12(15)16)4-2-8(7)6-9;9-7(10)5-3-1-2-4-6(5)8(11)12/h1-6H,(H,13,14)(H,15,16);1-4H,(H,9,10)(H,11,12). The van der Waals surface area contributed by atoms with Crippen LogP contribution in [-0.4, -0.2) is 44.3 Å². The van der Waals surface area contributed by atoms with Crippen molar-refractivity contribution in [2.24, 2.45) is 0 Å². The molecule has 8 nitrogen and oxygen atoms in total. The van der Waals surface area contributed by atoms with E-state index in [1.807, 2.05) is 0 Å². The highest BCUT2D eigenvalue weighted by molar-refractivity contribution is 6.01. The third-order valence-electron chi connectivity index (χ3n) is 3.72. The van der Waals surface area contributed by atoms with Crippen LogP contribution in [-0.2, 0) is 0 Å². The lowest BCUT2D eigenvalue weighted by Crippen LogP contribution is -2.06. The minimum atomic E-state index is -1.23. The summed E-state index contributed by atoms with van der Waals surface area (Å²) in [6, 6.07) is 14.6. The molecule has 0 aromatic heterocycles. The monoisotopic (exact) mass is 382 g/mol. The van der Waals surface area contributed by atoms with Crippen molar-refractivity contribution in [1.29, 1.82) is 0 Å². The Balaban J connectivity index is 0.000000209. The van der Waals surface area contributed by atoms with E-state index in [4.69, 9.17) is 20.4 Å². The van der Waals surface area contributed by atoms with E-state index in [-0.39, 0.29) is 22.3 Å². The van der Waals surface area contributed by atoms with Crippen molar-refractivity contribution in [3.05, 3.63) is 82.9 Å². The van der Waals surface area contributed by atoms with E-state index in [2.05, 4.69) is 0 Å². The zero-order valence-electron chi connectivity index (χ0n) is 14.2. The zero-order valence-corrected chi connectivity index (χ0v) is 14.2. The summed E-state index contributed by atoms with van der Waals surface area (Å²) in [7, 11) is 0. The van der Waals surface area contributed by atoms with Crippen molar-refractivity contribution in [2.45, 2.75) is 0 Å². The second-order valence-corrected chi connectivity index (χ2v) is 5.54. The SMILES string of the molecule is O=C(O)c1ccc2cc(C(=O)O)ccc2c1.O=C(O)c1ccccc1C(=O)O. The fraction of sp³-hybridized carbons (Fsp3) is 0. The zero-order chi connectivity index (χ0) is 20.8. The number of fused-ring (bicyclic) bond motifs is 1. The fourth-order valence-electron chi connectivity index (χ4n) is 2.37. The summed E-state index contributed by atoms with van der Waals surface area (Å²) in [6.45, 7) is 0. The Bertz CT molecular complexity index is 998. The largest absolute Gasteiger partial charge is 0.478 e. The molecule has 0 unspecified atom stereocenters. The lowest BCUT2D eigenvalue weighted by molar-refractivity contribution is 0.0651. The lowest BCUT2D eigenvalue weighted by Gasteiger charge is -2.01. The van der Waals surface area contributed by atoms with Gasteiger partial charge in [-0.3, -0.25) is 0 Å². The molecule has 142 valence electrons. The topological polar surface area (TPSA) is 149 Å². The predicted octanol–water partition coefficient (Wildman–Crippen LogP) is 3.32. The minimum Gasteiger partial charge on any atom is -0.478 e. The van der Waals surface area contributed by atoms with Gasteiger partial charge in [0.2, 0.25) is 0 Å². The molecule has 0 aliphatic carbocycles. The van der Waals surface area contributed by atoms with Gasteiger partial charge in [-0.15, -0.1) is 0 Å². The van der Waals surface area contributed by atoms with Gasteiger partial charge in [-0.1, -0.05) is 24.3 Å². The number of carboxylic acids is 4. The first-order chi connectivity index (χ1) is 13.2. The number of aromatic carboxylic acids is 4. The number of hydrogen-bond acceptors (Lipinski definition) is 4. The van der Waals surface area contributed by atoms with Crippen molar-refractivity contribution < 1.29 is 39.6 Å². The summed E-state index contributed by atoms with van der Waals surface area (Å²) in [5.41, 5.74) is 0.00106. The molecule has 3 aromatic rings. The Kier molecular flexibility index (Phi) is 6.07. The second kappa shape index (κ2) is 8.45. The molecule has 0 heterocycles. The minimum absolute atomic E-state index is 0.190. The highest BCUT2D eigenvalue weighted by atomic mass is 16.4. The normalized spacial score (nSPS) is 9.86. The fourth-order valence-corrected chi connectivity index (χ4v) is 2.37. The van der Waals surface area contributed by atoms with Crippen LogP contribution in [0.4, 0.5) is 0 Å². The van der Waals surface area contributed by atoms with Crippen LogP contribution in [0.25, 0.3) is 10.8 Å². The molecular formula is C20H14O8. The number of rotatable bonds is 4. The van der Waals surface area contributed by atoms with E-state index in [0.717, 1.165) is 0 Å². The Morgan fingerprint density at radius 3 is 1.14 bits per heavy atom. The Labute approximate surface area is 157 Å². The van der Waals surface area contributed by atoms with Gasteiger partial charge in [-0.2, -0.15) is 0 Å². The van der Waals surface area contributed by atoms with Crippen LogP contribution in [0.5, 0.6) is 0 Å². The van der Waals surface area contributed by atoms with Gasteiger partial charge in [0.25, 0.3) is 0 Å². The van der Waals surface area contributed by atoms with Crippen LogP contribution in [0.2, 0.25) is 0 Å². The van der Waals surface area contributed by atoms with Gasteiger partial charge < -0.3 is 20.4 Å². The van der Waals surface area contributed by atoms with Gasteiger partial charge in [-0.05, 0) is 47.2 Å². The Morgan fingerprint density at radius 1 is 0.500 bits per heavy atom. The average molecular weight is 382 g/mol. The predicted molar refractivity (Wildman–Crippen MR) is 98.2 cm³/mol. The van der Waals surface area contributed by atoms with Crippen LogP contribution in [0.15, 0.2) is 60.7 Å². The van der Waals surface area contributed by atoms with Crippen molar-refractivity contribution in [3.8, 4) is 0 Å². The molecule has 3 aromatic carbocycles. The molecule has 0 aliphatic heterocycles. The van der Waals surface area contributed by atoms with Crippen molar-refractivity contribution in [3.63, 3.8) is 0 Å². The highest BCUT2D eigenvalue weighted by Gasteiger charge is 2.13. The average Bonchev–Trinajstić information content (AvgIpc) is 2.67. The van der Waals surface area contributed by atoms with Crippen molar-refractivity contribution in [2.75, 3.05) is 0 Å². The van der Waals surface area contributed by atoms with Crippen LogP contribution < -0.4 is 0 Å². The molecule has 0 atom stereocenters. The molecule has 8 heteroatoms. The van der Waals surface area contributed by atoms with E-state index in [1.54, 1.807) is 12.1 Å². The quantitative estimate of drug-likeness (QED) is 0.537. The molecule has 0 amide bonds. The number of hydrogen-bond donors (Lipinski definition) is 4. The van der Waals surface area contributed by atoms with E-state index in [1.165, 1.54) is 48.5 Å². The maximum Gasteiger partial charge on any atom is 0.336 e. The lowest BCUT2D eigenvalue weighted by atomic mass is 10.0. The van der Waals surface area contributed by atoms with Crippen molar-refractivity contribution >= 4 is 34.6 Å². The van der Waals surface area contributed by atoms with Crippen LogP contribution in [0.1, 0.15) is 41.4 Å². The molecule has 0 fully saturated rings. The summed E-state index contributed by atoms with van der Waals surface area (Å²) in [5, 5.41) is 36.1. The molecule has 0 saturated carbocycles. The van der Waals surface area contributed by atoms with E-state index >= 15 is 0 Å². The van der Waals surface area contributed by atoms with Gasteiger partial charge in [0.05, 0.1) is 22.3 Å². The summed E-state index contributed by atoms with van der Waals surface area (Å²) < 4.78 is 0. The molecule has 0 spiro atoms. The van der Waals surface area contributed by atoms with Crippen LogP contribution >= 0.6 is 0 Å². The maximum atomic E-state index is 10.7. The van der Waals surface area contributed by atoms with Gasteiger partial charge in [0.15, 0.2) is 0 Å². The third kappa shape index (κ3) is 4.70. The highest BCUT2D eigenvalue weighted by Crippen LogP contribution is 2.18. The van der Waals surface area contributed by atoms with E-state index in [0.29, 0.717) is 10.8 Å². The summed E-state index contributed by atoms with van der Waals surface area (Å²) >= 11 is 0. The summed E-state index contributed by atoms with van der Waals surface area (Å²) in [5.74, 6) is -4.45. The third-order valence-corrected chi connectivity index (χ3v) is 3.72. The van der Waals surface area contributed by atoms with Crippen LogP contribution in [0.3, 0.4) is 0 Å². The number of carbonyl (C=O) groups is 4. The van der Waals surface area contributed by atoms with Gasteiger partial charge in [0, 0.05) is 0 Å². The first-order valence-corrected chi connectivity index (χ1v) is 7.76. The van der Waals surface area contributed by atoms with Gasteiger partial charge >= 0.3 is 23.9 Å². The molecule has 28 heavy (non-hydrogen) atoms. The summed E-state index contributed by atoms with van der Waals surface area (Å²) in [6.07, 6.45) is 0.